The van der Waals surface area contributed by atoms with Crippen molar-refractivity contribution in [3.05, 3.63) is 23.8 Å². The molecule has 19 heavy (non-hydrogen) atoms. The molecule has 0 aliphatic heterocycles. The Bertz CT molecular complexity index is 390. The Morgan fingerprint density at radius 3 is 1.79 bits per heavy atom. The van der Waals surface area contributed by atoms with E-state index in [1.807, 2.05) is 18.2 Å². The zero-order valence-corrected chi connectivity index (χ0v) is 12.7. The number of nitrogens with two attached hydrogens (primary N) is 1. The molecule has 1 rings (SSSR count). The molecular weight excluding hydrogens is 242 g/mol. The summed E-state index contributed by atoms with van der Waals surface area (Å²) in [4.78, 5) is 0. The molecular formula is C15H25NO3. The third-order valence-electron chi connectivity index (χ3n) is 3.23. The predicted octanol–water partition coefficient (Wildman–Crippen LogP) is 2.76. The summed E-state index contributed by atoms with van der Waals surface area (Å²) in [5.41, 5.74) is 7.16. The molecule has 4 heteroatoms. The highest BCUT2D eigenvalue weighted by Crippen LogP contribution is 2.39. The van der Waals surface area contributed by atoms with Gasteiger partial charge in [0.2, 0.25) is 0 Å². The summed E-state index contributed by atoms with van der Waals surface area (Å²) in [7, 11) is 4.94. The fourth-order valence-corrected chi connectivity index (χ4v) is 2.40. The van der Waals surface area contributed by atoms with Crippen molar-refractivity contribution in [3.8, 4) is 11.5 Å². The molecule has 0 radical (unpaired) electrons. The molecule has 2 N–H and O–H groups in total. The van der Waals surface area contributed by atoms with E-state index in [9.17, 15) is 0 Å². The van der Waals surface area contributed by atoms with Gasteiger partial charge < -0.3 is 19.9 Å². The first-order valence-electron chi connectivity index (χ1n) is 6.36. The Kier molecular flexibility index (Phi) is 5.20. The summed E-state index contributed by atoms with van der Waals surface area (Å²) in [6.45, 7) is 6.30. The van der Waals surface area contributed by atoms with Gasteiger partial charge in [-0.2, -0.15) is 0 Å². The molecule has 0 saturated heterocycles. The summed E-state index contributed by atoms with van der Waals surface area (Å²) >= 11 is 0. The maximum atomic E-state index is 6.40. The highest BCUT2D eigenvalue weighted by Gasteiger charge is 2.34. The second-order valence-electron chi connectivity index (χ2n) is 5.62. The minimum absolute atomic E-state index is 0.0833. The first-order valence-corrected chi connectivity index (χ1v) is 6.36. The predicted molar refractivity (Wildman–Crippen MR) is 76.7 cm³/mol. The van der Waals surface area contributed by atoms with Gasteiger partial charge in [0.15, 0.2) is 0 Å². The number of methoxy groups -OCH3 is 3. The Morgan fingerprint density at radius 1 is 1.00 bits per heavy atom. The van der Waals surface area contributed by atoms with Gasteiger partial charge in [-0.25, -0.2) is 0 Å². The zero-order chi connectivity index (χ0) is 14.6. The summed E-state index contributed by atoms with van der Waals surface area (Å²) < 4.78 is 16.4. The molecule has 0 aliphatic rings. The van der Waals surface area contributed by atoms with Crippen LogP contribution in [0.5, 0.6) is 11.5 Å². The van der Waals surface area contributed by atoms with Crippen LogP contribution in [0, 0.1) is 5.41 Å². The Hall–Kier alpha value is -1.26. The number of rotatable bonds is 5. The molecule has 0 bridgehead atoms. The van der Waals surface area contributed by atoms with Crippen molar-refractivity contribution in [1.82, 2.24) is 0 Å². The highest BCUT2D eigenvalue weighted by atomic mass is 16.5. The standard InChI is InChI=1S/C15H25NO3/c1-15(2,3)14(19-6)13(16)12-10(17-4)8-7-9-11(12)18-5/h7-9,13-14H,16H2,1-6H3. The van der Waals surface area contributed by atoms with Gasteiger partial charge in [-0.1, -0.05) is 26.8 Å². The average Bonchev–Trinajstić information content (AvgIpc) is 2.36. The van der Waals surface area contributed by atoms with Crippen LogP contribution in [0.15, 0.2) is 18.2 Å². The number of hydrogen-bond donors (Lipinski definition) is 1. The van der Waals surface area contributed by atoms with Gasteiger partial charge in [-0.05, 0) is 17.5 Å². The SMILES string of the molecule is COc1cccc(OC)c1C(N)C(OC)C(C)(C)C. The van der Waals surface area contributed by atoms with Crippen LogP contribution in [0.2, 0.25) is 0 Å². The van der Waals surface area contributed by atoms with E-state index < -0.39 is 0 Å². The van der Waals surface area contributed by atoms with E-state index in [2.05, 4.69) is 20.8 Å². The van der Waals surface area contributed by atoms with Crippen molar-refractivity contribution in [3.63, 3.8) is 0 Å². The first-order chi connectivity index (χ1) is 8.86. The highest BCUT2D eigenvalue weighted by molar-refractivity contribution is 5.47. The maximum Gasteiger partial charge on any atom is 0.127 e. The fraction of sp³-hybridized carbons (Fsp3) is 0.600. The molecule has 4 nitrogen and oxygen atoms in total. The quantitative estimate of drug-likeness (QED) is 0.891. The van der Waals surface area contributed by atoms with Crippen molar-refractivity contribution in [2.45, 2.75) is 32.9 Å². The molecule has 0 amide bonds. The van der Waals surface area contributed by atoms with Crippen molar-refractivity contribution in [2.24, 2.45) is 11.1 Å². The van der Waals surface area contributed by atoms with Crippen molar-refractivity contribution in [1.29, 1.82) is 0 Å². The average molecular weight is 267 g/mol. The number of benzene rings is 1. The minimum atomic E-state index is -0.323. The molecule has 0 aromatic heterocycles. The van der Waals surface area contributed by atoms with E-state index >= 15 is 0 Å². The van der Waals surface area contributed by atoms with E-state index in [0.29, 0.717) is 0 Å². The van der Waals surface area contributed by atoms with Crippen LogP contribution in [0.4, 0.5) is 0 Å². The minimum Gasteiger partial charge on any atom is -0.496 e. The lowest BCUT2D eigenvalue weighted by Gasteiger charge is -2.35. The van der Waals surface area contributed by atoms with E-state index in [1.165, 1.54) is 0 Å². The summed E-state index contributed by atoms with van der Waals surface area (Å²) in [6, 6.07) is 5.32. The molecule has 108 valence electrons. The van der Waals surface area contributed by atoms with Crippen molar-refractivity contribution in [2.75, 3.05) is 21.3 Å². The van der Waals surface area contributed by atoms with Gasteiger partial charge in [-0.3, -0.25) is 0 Å². The van der Waals surface area contributed by atoms with Crippen LogP contribution >= 0.6 is 0 Å². The Balaban J connectivity index is 3.27. The molecule has 0 spiro atoms. The lowest BCUT2D eigenvalue weighted by atomic mass is 9.82. The summed E-state index contributed by atoms with van der Waals surface area (Å²) in [6.07, 6.45) is -0.141. The largest absolute Gasteiger partial charge is 0.496 e. The van der Waals surface area contributed by atoms with E-state index in [0.717, 1.165) is 17.1 Å². The Labute approximate surface area is 115 Å². The molecule has 0 saturated carbocycles. The maximum absolute atomic E-state index is 6.40. The van der Waals surface area contributed by atoms with Gasteiger partial charge in [-0.15, -0.1) is 0 Å². The van der Waals surface area contributed by atoms with Crippen LogP contribution in [0.25, 0.3) is 0 Å². The molecule has 1 aromatic rings. The summed E-state index contributed by atoms with van der Waals surface area (Å²) in [5, 5.41) is 0. The lowest BCUT2D eigenvalue weighted by Crippen LogP contribution is -2.39. The normalized spacial score (nSPS) is 14.9. The van der Waals surface area contributed by atoms with Crippen molar-refractivity contribution < 1.29 is 14.2 Å². The summed E-state index contributed by atoms with van der Waals surface area (Å²) in [5.74, 6) is 1.44. The number of hydrogen-bond acceptors (Lipinski definition) is 4. The molecule has 2 unspecified atom stereocenters. The molecule has 1 aromatic carbocycles. The third-order valence-corrected chi connectivity index (χ3v) is 3.23. The molecule has 2 atom stereocenters. The third kappa shape index (κ3) is 3.39. The van der Waals surface area contributed by atoms with E-state index in [4.69, 9.17) is 19.9 Å². The molecule has 0 aliphatic carbocycles. The zero-order valence-electron chi connectivity index (χ0n) is 12.7. The van der Waals surface area contributed by atoms with Crippen LogP contribution in [0.1, 0.15) is 32.4 Å². The van der Waals surface area contributed by atoms with Crippen LogP contribution < -0.4 is 15.2 Å². The number of ether oxygens (including phenoxy) is 3. The van der Waals surface area contributed by atoms with Gasteiger partial charge in [0.05, 0.1) is 31.9 Å². The second kappa shape index (κ2) is 6.26. The van der Waals surface area contributed by atoms with Gasteiger partial charge in [0.25, 0.3) is 0 Å². The smallest absolute Gasteiger partial charge is 0.127 e. The first kappa shape index (κ1) is 15.8. The van der Waals surface area contributed by atoms with Crippen LogP contribution in [-0.4, -0.2) is 27.4 Å². The van der Waals surface area contributed by atoms with Gasteiger partial charge in [0.1, 0.15) is 11.5 Å². The molecule has 0 fully saturated rings. The topological polar surface area (TPSA) is 53.7 Å². The van der Waals surface area contributed by atoms with Crippen LogP contribution in [-0.2, 0) is 4.74 Å². The Morgan fingerprint density at radius 2 is 1.47 bits per heavy atom. The molecule has 0 heterocycles. The van der Waals surface area contributed by atoms with Crippen LogP contribution in [0.3, 0.4) is 0 Å². The second-order valence-corrected chi connectivity index (χ2v) is 5.62. The monoisotopic (exact) mass is 267 g/mol. The van der Waals surface area contributed by atoms with Gasteiger partial charge in [0, 0.05) is 7.11 Å². The van der Waals surface area contributed by atoms with Gasteiger partial charge >= 0.3 is 0 Å². The van der Waals surface area contributed by atoms with E-state index in [1.54, 1.807) is 21.3 Å². The van der Waals surface area contributed by atoms with Crippen molar-refractivity contribution >= 4 is 0 Å². The lowest BCUT2D eigenvalue weighted by molar-refractivity contribution is -0.00335. The van der Waals surface area contributed by atoms with E-state index in [-0.39, 0.29) is 17.6 Å². The fourth-order valence-electron chi connectivity index (χ4n) is 2.40.